The van der Waals surface area contributed by atoms with Crippen LogP contribution >= 0.6 is 0 Å². The Bertz CT molecular complexity index is 411. The summed E-state index contributed by atoms with van der Waals surface area (Å²) in [5.74, 6) is -1.60. The molecule has 1 unspecified atom stereocenters. The van der Waals surface area contributed by atoms with Crippen molar-refractivity contribution in [3.8, 4) is 0 Å². The lowest BCUT2D eigenvalue weighted by Crippen LogP contribution is -2.13. The topological polar surface area (TPSA) is 51.5 Å². The van der Waals surface area contributed by atoms with Gasteiger partial charge in [-0.05, 0) is 6.92 Å². The molecule has 1 aromatic heterocycles. The van der Waals surface area contributed by atoms with Crippen molar-refractivity contribution >= 4 is 5.97 Å². The van der Waals surface area contributed by atoms with E-state index in [1.807, 2.05) is 0 Å². The molecule has 0 spiro atoms. The first-order chi connectivity index (χ1) is 7.75. The van der Waals surface area contributed by atoms with E-state index in [2.05, 4.69) is 0 Å². The normalized spacial score (nSPS) is 13.7. The fourth-order valence-corrected chi connectivity index (χ4v) is 1.38. The molecule has 0 aliphatic carbocycles. The molecule has 1 rings (SSSR count). The predicted molar refractivity (Wildman–Crippen MR) is 52.9 cm³/mol. The molecule has 0 saturated heterocycles. The molecule has 0 radical (unpaired) electrons. The Labute approximate surface area is 95.6 Å². The van der Waals surface area contributed by atoms with Crippen LogP contribution in [0.25, 0.3) is 0 Å². The number of carbonyl (C=O) groups is 1. The Morgan fingerprint density at radius 3 is 2.47 bits per heavy atom. The van der Waals surface area contributed by atoms with Gasteiger partial charge in [0.05, 0.1) is 17.2 Å². The average Bonchev–Trinajstić information content (AvgIpc) is 2.61. The minimum Gasteiger partial charge on any atom is -0.478 e. The van der Waals surface area contributed by atoms with Crippen LogP contribution in [0.1, 0.15) is 22.8 Å². The van der Waals surface area contributed by atoms with E-state index in [9.17, 15) is 18.0 Å². The fourth-order valence-electron chi connectivity index (χ4n) is 1.38. The number of hydrogen-bond donors (Lipinski definition) is 1. The second kappa shape index (κ2) is 4.79. The molecule has 0 aliphatic heterocycles. The number of hydrogen-bond acceptors (Lipinski definition) is 2. The molecule has 0 saturated carbocycles. The second-order valence-electron chi connectivity index (χ2n) is 3.63. The highest BCUT2D eigenvalue weighted by Gasteiger charge is 2.37. The number of carboxylic acid groups (broad SMARTS) is 1. The fraction of sp³-hybridized carbons (Fsp3) is 0.500. The number of aromatic nitrogens is 1. The molecule has 4 nitrogen and oxygen atoms in total. The number of halogens is 3. The summed E-state index contributed by atoms with van der Waals surface area (Å²) in [6.07, 6.45) is -3.24. The maximum absolute atomic E-state index is 12.5. The molecule has 0 fully saturated rings. The summed E-state index contributed by atoms with van der Waals surface area (Å²) < 4.78 is 43.7. The summed E-state index contributed by atoms with van der Waals surface area (Å²) in [5, 5.41) is 8.69. The monoisotopic (exact) mass is 251 g/mol. The highest BCUT2D eigenvalue weighted by molar-refractivity contribution is 5.89. The van der Waals surface area contributed by atoms with E-state index in [0.29, 0.717) is 0 Å². The summed E-state index contributed by atoms with van der Waals surface area (Å²) >= 11 is 0. The van der Waals surface area contributed by atoms with Crippen molar-refractivity contribution in [2.45, 2.75) is 25.7 Å². The maximum Gasteiger partial charge on any atom is 0.418 e. The zero-order valence-corrected chi connectivity index (χ0v) is 9.28. The minimum absolute atomic E-state index is 0.160. The third-order valence-corrected chi connectivity index (χ3v) is 2.29. The van der Waals surface area contributed by atoms with Crippen LogP contribution in [0.2, 0.25) is 0 Å². The first-order valence-corrected chi connectivity index (χ1v) is 4.78. The average molecular weight is 251 g/mol. The van der Waals surface area contributed by atoms with Crippen LogP contribution < -0.4 is 0 Å². The van der Waals surface area contributed by atoms with Crippen LogP contribution in [0, 0.1) is 0 Å². The van der Waals surface area contributed by atoms with E-state index in [-0.39, 0.29) is 12.6 Å². The third-order valence-electron chi connectivity index (χ3n) is 2.29. The molecule has 1 atom stereocenters. The van der Waals surface area contributed by atoms with Crippen molar-refractivity contribution in [2.24, 2.45) is 0 Å². The zero-order valence-electron chi connectivity index (χ0n) is 9.28. The molecule has 0 amide bonds. The van der Waals surface area contributed by atoms with Crippen LogP contribution in [0.4, 0.5) is 13.2 Å². The van der Waals surface area contributed by atoms with Crippen LogP contribution in [-0.2, 0) is 17.5 Å². The quantitative estimate of drug-likeness (QED) is 0.892. The molecule has 96 valence electrons. The van der Waals surface area contributed by atoms with Crippen LogP contribution in [0.15, 0.2) is 12.4 Å². The number of ether oxygens (including phenoxy) is 1. The van der Waals surface area contributed by atoms with E-state index in [4.69, 9.17) is 9.84 Å². The molecular weight excluding hydrogens is 239 g/mol. The molecule has 0 aromatic carbocycles. The van der Waals surface area contributed by atoms with Gasteiger partial charge in [0.15, 0.2) is 0 Å². The van der Waals surface area contributed by atoms with Crippen molar-refractivity contribution in [1.82, 2.24) is 4.57 Å². The number of rotatable bonds is 4. The summed E-state index contributed by atoms with van der Waals surface area (Å²) in [4.78, 5) is 10.7. The van der Waals surface area contributed by atoms with Gasteiger partial charge in [0.25, 0.3) is 0 Å². The molecule has 17 heavy (non-hydrogen) atoms. The lowest BCUT2D eigenvalue weighted by molar-refractivity contribution is -0.138. The first-order valence-electron chi connectivity index (χ1n) is 4.78. The van der Waals surface area contributed by atoms with E-state index < -0.39 is 23.3 Å². The number of methoxy groups -OCH3 is 1. The van der Waals surface area contributed by atoms with E-state index in [1.165, 1.54) is 11.7 Å². The van der Waals surface area contributed by atoms with Crippen molar-refractivity contribution in [1.29, 1.82) is 0 Å². The largest absolute Gasteiger partial charge is 0.478 e. The van der Waals surface area contributed by atoms with Crippen molar-refractivity contribution in [3.05, 3.63) is 23.5 Å². The lowest BCUT2D eigenvalue weighted by atomic mass is 10.2. The number of carboxylic acids is 1. The highest BCUT2D eigenvalue weighted by Crippen LogP contribution is 2.32. The van der Waals surface area contributed by atoms with E-state index in [1.54, 1.807) is 6.92 Å². The zero-order chi connectivity index (χ0) is 13.2. The summed E-state index contributed by atoms with van der Waals surface area (Å²) in [5.41, 5.74) is -1.89. The number of alkyl halides is 3. The number of nitrogens with zero attached hydrogens (tertiary/aromatic N) is 1. The Morgan fingerprint density at radius 1 is 1.53 bits per heavy atom. The van der Waals surface area contributed by atoms with Gasteiger partial charge in [-0.15, -0.1) is 0 Å². The SMILES string of the molecule is COC(C)Cn1cc(C(=O)O)c(C(F)(F)F)c1. The second-order valence-corrected chi connectivity index (χ2v) is 3.63. The van der Waals surface area contributed by atoms with Gasteiger partial charge in [0.1, 0.15) is 0 Å². The van der Waals surface area contributed by atoms with Gasteiger partial charge >= 0.3 is 12.1 Å². The Kier molecular flexibility index (Phi) is 3.82. The minimum atomic E-state index is -4.67. The first kappa shape index (κ1) is 13.6. The highest BCUT2D eigenvalue weighted by atomic mass is 19.4. The van der Waals surface area contributed by atoms with Gasteiger partial charge in [0, 0.05) is 26.0 Å². The van der Waals surface area contributed by atoms with Crippen molar-refractivity contribution in [2.75, 3.05) is 7.11 Å². The Hall–Kier alpha value is -1.50. The van der Waals surface area contributed by atoms with E-state index in [0.717, 1.165) is 12.4 Å². The van der Waals surface area contributed by atoms with Crippen LogP contribution in [-0.4, -0.2) is 28.9 Å². The predicted octanol–water partition coefficient (Wildman–Crippen LogP) is 2.24. The van der Waals surface area contributed by atoms with Gasteiger partial charge < -0.3 is 14.4 Å². The Balaban J connectivity index is 3.09. The molecule has 1 heterocycles. The lowest BCUT2D eigenvalue weighted by Gasteiger charge is -2.09. The Morgan fingerprint density at radius 2 is 2.12 bits per heavy atom. The third kappa shape index (κ3) is 3.23. The van der Waals surface area contributed by atoms with E-state index >= 15 is 0 Å². The summed E-state index contributed by atoms with van der Waals surface area (Å²) in [6.45, 7) is 1.83. The standard InChI is InChI=1S/C10H12F3NO3/c1-6(17-2)3-14-4-7(9(15)16)8(5-14)10(11,12)13/h4-6H,3H2,1-2H3,(H,15,16). The van der Waals surface area contributed by atoms with Crippen LogP contribution in [0.5, 0.6) is 0 Å². The van der Waals surface area contributed by atoms with Gasteiger partial charge in [-0.2, -0.15) is 13.2 Å². The van der Waals surface area contributed by atoms with Gasteiger partial charge in [0.2, 0.25) is 0 Å². The molecular formula is C10H12F3NO3. The van der Waals surface area contributed by atoms with Gasteiger partial charge in [-0.25, -0.2) is 4.79 Å². The van der Waals surface area contributed by atoms with Crippen molar-refractivity contribution < 1.29 is 27.8 Å². The maximum atomic E-state index is 12.5. The molecule has 7 heteroatoms. The molecule has 1 aromatic rings. The van der Waals surface area contributed by atoms with Crippen molar-refractivity contribution in [3.63, 3.8) is 0 Å². The summed E-state index contributed by atoms with van der Waals surface area (Å²) in [7, 11) is 1.43. The smallest absolute Gasteiger partial charge is 0.418 e. The van der Waals surface area contributed by atoms with Gasteiger partial charge in [-0.1, -0.05) is 0 Å². The summed E-state index contributed by atoms with van der Waals surface area (Å²) in [6, 6.07) is 0. The molecule has 0 bridgehead atoms. The van der Waals surface area contributed by atoms with Gasteiger partial charge in [-0.3, -0.25) is 0 Å². The molecule has 0 aliphatic rings. The molecule has 1 N–H and O–H groups in total. The number of aromatic carboxylic acids is 1. The van der Waals surface area contributed by atoms with Crippen LogP contribution in [0.3, 0.4) is 0 Å².